The molecule has 2 N–H and O–H groups in total. The lowest BCUT2D eigenvalue weighted by Gasteiger charge is -2.21. The molecule has 6 heteroatoms. The van der Waals surface area contributed by atoms with Crippen LogP contribution in [0.4, 0.5) is 0 Å². The van der Waals surface area contributed by atoms with Gasteiger partial charge in [0.05, 0.1) is 20.2 Å². The number of hydrogen-bond donors (Lipinski definition) is 1. The average Bonchev–Trinajstić information content (AvgIpc) is 2.53. The molecule has 2 aromatic carbocycles. The van der Waals surface area contributed by atoms with Gasteiger partial charge in [-0.1, -0.05) is 18.2 Å². The first-order valence-corrected chi connectivity index (χ1v) is 7.66. The van der Waals surface area contributed by atoms with Crippen LogP contribution in [0.5, 0.6) is 5.75 Å². The molecule has 0 saturated heterocycles. The topological polar surface area (TPSA) is 75.9 Å². The number of hydrogen-bond acceptors (Lipinski definition) is 4. The summed E-state index contributed by atoms with van der Waals surface area (Å²) in [5, 5.41) is 2.19. The number of primary amides is 1. The number of carbonyl (C=O) groups excluding carboxylic acids is 2. The van der Waals surface area contributed by atoms with Gasteiger partial charge >= 0.3 is 0 Å². The molecule has 0 heterocycles. The molecule has 0 aromatic heterocycles. The summed E-state index contributed by atoms with van der Waals surface area (Å²) in [6.07, 6.45) is 0. The first-order chi connectivity index (χ1) is 11.4. The van der Waals surface area contributed by atoms with E-state index in [1.165, 1.54) is 0 Å². The molecule has 2 rings (SSSR count). The van der Waals surface area contributed by atoms with Gasteiger partial charge in [-0.25, -0.2) is 0 Å². The minimum Gasteiger partial charge on any atom is -0.497 e. The van der Waals surface area contributed by atoms with Crippen molar-refractivity contribution in [2.75, 3.05) is 34.3 Å². The summed E-state index contributed by atoms with van der Waals surface area (Å²) >= 11 is 0. The maximum absolute atomic E-state index is 12.2. The zero-order chi connectivity index (χ0) is 17.7. The lowest BCUT2D eigenvalue weighted by molar-refractivity contribution is -0.131. The van der Waals surface area contributed by atoms with Gasteiger partial charge in [0.15, 0.2) is 0 Å². The molecule has 0 fully saturated rings. The summed E-state index contributed by atoms with van der Waals surface area (Å²) in [7, 11) is 5.09. The fourth-order valence-electron chi connectivity index (χ4n) is 2.53. The number of methoxy groups -OCH3 is 1. The molecule has 0 atom stereocenters. The summed E-state index contributed by atoms with van der Waals surface area (Å²) in [6.45, 7) is 0.729. The summed E-state index contributed by atoms with van der Waals surface area (Å²) in [6, 6.07) is 12.0. The van der Waals surface area contributed by atoms with Gasteiger partial charge in [-0.2, -0.15) is 0 Å². The van der Waals surface area contributed by atoms with E-state index in [4.69, 9.17) is 10.5 Å². The van der Waals surface area contributed by atoms with E-state index in [2.05, 4.69) is 6.07 Å². The zero-order valence-corrected chi connectivity index (χ0v) is 14.3. The predicted molar refractivity (Wildman–Crippen MR) is 93.7 cm³/mol. The van der Waals surface area contributed by atoms with Crippen LogP contribution in [0.15, 0.2) is 36.4 Å². The highest BCUT2D eigenvalue weighted by Crippen LogP contribution is 2.22. The van der Waals surface area contributed by atoms with Gasteiger partial charge in [-0.05, 0) is 41.6 Å². The first-order valence-electron chi connectivity index (χ1n) is 7.66. The molecule has 0 bridgehead atoms. The predicted octanol–water partition coefficient (Wildman–Crippen LogP) is 1.22. The van der Waals surface area contributed by atoms with E-state index in [-0.39, 0.29) is 19.0 Å². The Morgan fingerprint density at radius 1 is 1.04 bits per heavy atom. The van der Waals surface area contributed by atoms with Crippen LogP contribution in [-0.2, 0) is 16.1 Å². The lowest BCUT2D eigenvalue weighted by Crippen LogP contribution is -2.39. The van der Waals surface area contributed by atoms with E-state index in [9.17, 15) is 9.59 Å². The maximum Gasteiger partial charge on any atom is 0.236 e. The normalized spacial score (nSPS) is 10.8. The quantitative estimate of drug-likeness (QED) is 0.829. The highest BCUT2D eigenvalue weighted by Gasteiger charge is 2.13. The minimum atomic E-state index is -0.446. The van der Waals surface area contributed by atoms with E-state index in [0.29, 0.717) is 6.54 Å². The van der Waals surface area contributed by atoms with Crippen molar-refractivity contribution in [3.8, 4) is 5.75 Å². The molecule has 0 aliphatic carbocycles. The van der Waals surface area contributed by atoms with Gasteiger partial charge in [0.25, 0.3) is 0 Å². The van der Waals surface area contributed by atoms with Crippen molar-refractivity contribution in [3.63, 3.8) is 0 Å². The van der Waals surface area contributed by atoms with Crippen LogP contribution in [0.25, 0.3) is 10.8 Å². The highest BCUT2D eigenvalue weighted by atomic mass is 16.5. The summed E-state index contributed by atoms with van der Waals surface area (Å²) in [5.74, 6) is 0.312. The second-order valence-corrected chi connectivity index (χ2v) is 5.94. The van der Waals surface area contributed by atoms with E-state index in [1.807, 2.05) is 30.3 Å². The van der Waals surface area contributed by atoms with Crippen LogP contribution in [-0.4, -0.2) is 55.9 Å². The third-order valence-electron chi connectivity index (χ3n) is 3.79. The smallest absolute Gasteiger partial charge is 0.236 e. The molecular weight excluding hydrogens is 306 g/mol. The number of rotatable bonds is 7. The summed E-state index contributed by atoms with van der Waals surface area (Å²) < 4.78 is 5.22. The molecule has 0 aliphatic heterocycles. The molecule has 2 aromatic rings. The van der Waals surface area contributed by atoms with Crippen molar-refractivity contribution >= 4 is 22.6 Å². The van der Waals surface area contributed by atoms with Crippen LogP contribution in [0, 0.1) is 0 Å². The van der Waals surface area contributed by atoms with E-state index in [0.717, 1.165) is 22.1 Å². The van der Waals surface area contributed by atoms with Crippen LogP contribution in [0.3, 0.4) is 0 Å². The van der Waals surface area contributed by atoms with E-state index < -0.39 is 5.91 Å². The number of nitrogens with zero attached hydrogens (tertiary/aromatic N) is 2. The molecule has 0 spiro atoms. The van der Waals surface area contributed by atoms with Gasteiger partial charge in [0, 0.05) is 13.6 Å². The summed E-state index contributed by atoms with van der Waals surface area (Å²) in [5.41, 5.74) is 6.17. The maximum atomic E-state index is 12.2. The van der Waals surface area contributed by atoms with E-state index >= 15 is 0 Å². The SMILES string of the molecule is COc1ccc2cc(CN(C)C(=O)CN(C)CC(N)=O)ccc2c1. The third kappa shape index (κ3) is 4.70. The number of nitrogens with two attached hydrogens (primary N) is 1. The highest BCUT2D eigenvalue weighted by molar-refractivity contribution is 5.85. The van der Waals surface area contributed by atoms with Gasteiger partial charge < -0.3 is 15.4 Å². The van der Waals surface area contributed by atoms with Crippen molar-refractivity contribution in [2.24, 2.45) is 5.73 Å². The Balaban J connectivity index is 2.03. The molecule has 2 amide bonds. The number of likely N-dealkylation sites (N-methyl/N-ethyl adjacent to an activating group) is 2. The standard InChI is InChI=1S/C18H23N3O3/c1-20(11-17(19)22)12-18(23)21(2)10-13-4-5-15-9-16(24-3)7-6-14(15)8-13/h4-9H,10-12H2,1-3H3,(H2,19,22). The Bertz CT molecular complexity index is 745. The molecule has 128 valence electrons. The summed E-state index contributed by atoms with van der Waals surface area (Å²) in [4.78, 5) is 26.3. The van der Waals surface area contributed by atoms with Crippen molar-refractivity contribution in [3.05, 3.63) is 42.0 Å². The fourth-order valence-corrected chi connectivity index (χ4v) is 2.53. The zero-order valence-electron chi connectivity index (χ0n) is 14.3. The van der Waals surface area contributed by atoms with Gasteiger partial charge in [-0.15, -0.1) is 0 Å². The molecule has 6 nitrogen and oxygen atoms in total. The van der Waals surface area contributed by atoms with Gasteiger partial charge in [0.1, 0.15) is 5.75 Å². The molecule has 0 saturated carbocycles. The number of amides is 2. The van der Waals surface area contributed by atoms with Crippen molar-refractivity contribution < 1.29 is 14.3 Å². The van der Waals surface area contributed by atoms with Crippen LogP contribution in [0.1, 0.15) is 5.56 Å². The Hall–Kier alpha value is -2.60. The third-order valence-corrected chi connectivity index (χ3v) is 3.79. The largest absolute Gasteiger partial charge is 0.497 e. The Kier molecular flexibility index (Phi) is 5.76. The van der Waals surface area contributed by atoms with Crippen molar-refractivity contribution in [1.29, 1.82) is 0 Å². The Labute approximate surface area is 141 Å². The number of ether oxygens (including phenoxy) is 1. The molecule has 0 unspecified atom stereocenters. The van der Waals surface area contributed by atoms with Gasteiger partial charge in [-0.3, -0.25) is 14.5 Å². The number of benzene rings is 2. The van der Waals surface area contributed by atoms with Crippen LogP contribution >= 0.6 is 0 Å². The minimum absolute atomic E-state index is 0.0615. The second kappa shape index (κ2) is 7.79. The number of fused-ring (bicyclic) bond motifs is 1. The molecular formula is C18H23N3O3. The lowest BCUT2D eigenvalue weighted by atomic mass is 10.1. The molecule has 24 heavy (non-hydrogen) atoms. The fraction of sp³-hybridized carbons (Fsp3) is 0.333. The Morgan fingerprint density at radius 3 is 2.38 bits per heavy atom. The number of carbonyl (C=O) groups is 2. The monoisotopic (exact) mass is 329 g/mol. The average molecular weight is 329 g/mol. The Morgan fingerprint density at radius 2 is 1.71 bits per heavy atom. The van der Waals surface area contributed by atoms with Crippen LogP contribution in [0.2, 0.25) is 0 Å². The van der Waals surface area contributed by atoms with Crippen LogP contribution < -0.4 is 10.5 Å². The van der Waals surface area contributed by atoms with E-state index in [1.54, 1.807) is 31.0 Å². The molecule has 0 aliphatic rings. The first kappa shape index (κ1) is 17.7. The van der Waals surface area contributed by atoms with Crippen molar-refractivity contribution in [1.82, 2.24) is 9.80 Å². The van der Waals surface area contributed by atoms with Gasteiger partial charge in [0.2, 0.25) is 11.8 Å². The second-order valence-electron chi connectivity index (χ2n) is 5.94. The molecule has 0 radical (unpaired) electrons. The van der Waals surface area contributed by atoms with Crippen molar-refractivity contribution in [2.45, 2.75) is 6.54 Å².